The molecule has 0 saturated carbocycles. The monoisotopic (exact) mass is 324 g/mol. The van der Waals surface area contributed by atoms with Crippen molar-refractivity contribution in [3.63, 3.8) is 0 Å². The van der Waals surface area contributed by atoms with E-state index in [4.69, 9.17) is 9.47 Å². The van der Waals surface area contributed by atoms with Crippen LogP contribution in [-0.4, -0.2) is 69.0 Å². The molecule has 5 heteroatoms. The van der Waals surface area contributed by atoms with Crippen LogP contribution >= 0.6 is 11.3 Å². The minimum Gasteiger partial charge on any atom is -0.377 e. The molecule has 124 valence electrons. The van der Waals surface area contributed by atoms with Gasteiger partial charge in [0.1, 0.15) is 5.60 Å². The molecule has 0 radical (unpaired) electrons. The second kappa shape index (κ2) is 6.97. The van der Waals surface area contributed by atoms with Crippen LogP contribution in [0.1, 0.15) is 16.2 Å². The van der Waals surface area contributed by atoms with Gasteiger partial charge in [-0.05, 0) is 45.5 Å². The topological polar surface area (TPSA) is 24.9 Å². The van der Waals surface area contributed by atoms with E-state index in [2.05, 4.69) is 43.0 Å². The van der Waals surface area contributed by atoms with E-state index in [0.29, 0.717) is 5.92 Å². The zero-order valence-electron chi connectivity index (χ0n) is 14.0. The molecule has 3 heterocycles. The number of rotatable bonds is 4. The maximum atomic E-state index is 6.26. The molecule has 2 unspecified atom stereocenters. The van der Waals surface area contributed by atoms with Crippen LogP contribution in [0.4, 0.5) is 0 Å². The zero-order valence-corrected chi connectivity index (χ0v) is 14.8. The average molecular weight is 324 g/mol. The summed E-state index contributed by atoms with van der Waals surface area (Å²) in [6.07, 6.45) is 1.12. The quantitative estimate of drug-likeness (QED) is 0.848. The molecule has 1 spiro atoms. The summed E-state index contributed by atoms with van der Waals surface area (Å²) in [5.41, 5.74) is -0.0938. The zero-order chi connectivity index (χ0) is 15.6. The molecule has 1 aromatic rings. The first-order chi connectivity index (χ1) is 10.5. The normalized spacial score (nSPS) is 30.3. The summed E-state index contributed by atoms with van der Waals surface area (Å²) >= 11 is 1.90. The average Bonchev–Trinajstić information content (AvgIpc) is 2.95. The van der Waals surface area contributed by atoms with Crippen molar-refractivity contribution in [2.24, 2.45) is 5.92 Å². The third kappa shape index (κ3) is 4.09. The molecule has 0 amide bonds. The molecule has 0 aliphatic carbocycles. The predicted molar refractivity (Wildman–Crippen MR) is 90.5 cm³/mol. The molecule has 0 N–H and O–H groups in total. The Kier molecular flexibility index (Phi) is 5.20. The Hall–Kier alpha value is -0.460. The van der Waals surface area contributed by atoms with E-state index in [9.17, 15) is 0 Å². The summed E-state index contributed by atoms with van der Waals surface area (Å²) in [5.74, 6) is 0.627. The number of thiophene rings is 1. The molecule has 22 heavy (non-hydrogen) atoms. The van der Waals surface area contributed by atoms with Gasteiger partial charge in [-0.15, -0.1) is 11.3 Å². The Bertz CT molecular complexity index is 491. The van der Waals surface area contributed by atoms with E-state index in [0.717, 1.165) is 52.4 Å². The number of aryl methyl sites for hydroxylation is 1. The highest BCUT2D eigenvalue weighted by Gasteiger charge is 2.43. The van der Waals surface area contributed by atoms with Gasteiger partial charge in [0.15, 0.2) is 0 Å². The first kappa shape index (κ1) is 16.4. The fourth-order valence-electron chi connectivity index (χ4n) is 3.69. The van der Waals surface area contributed by atoms with Crippen LogP contribution in [0.5, 0.6) is 0 Å². The smallest absolute Gasteiger partial charge is 0.104 e. The van der Waals surface area contributed by atoms with Crippen LogP contribution < -0.4 is 0 Å². The number of ether oxygens (including phenoxy) is 2. The lowest BCUT2D eigenvalue weighted by atomic mass is 9.94. The molecule has 1 aromatic heterocycles. The van der Waals surface area contributed by atoms with Crippen LogP contribution in [-0.2, 0) is 16.0 Å². The molecule has 3 rings (SSSR count). The first-order valence-electron chi connectivity index (χ1n) is 8.19. The number of hydrogen-bond donors (Lipinski definition) is 0. The van der Waals surface area contributed by atoms with Gasteiger partial charge in [-0.1, -0.05) is 0 Å². The van der Waals surface area contributed by atoms with Gasteiger partial charge in [-0.25, -0.2) is 0 Å². The van der Waals surface area contributed by atoms with Crippen LogP contribution in [0.15, 0.2) is 12.1 Å². The SMILES string of the molecule is Cc1ccc(CN2CCOCC3(CC(CN(C)C)CO3)C2)s1. The van der Waals surface area contributed by atoms with Gasteiger partial charge in [-0.2, -0.15) is 0 Å². The number of hydrogen-bond acceptors (Lipinski definition) is 5. The predicted octanol–water partition coefficient (Wildman–Crippen LogP) is 2.23. The minimum absolute atomic E-state index is 0.0938. The lowest BCUT2D eigenvalue weighted by Gasteiger charge is -2.31. The van der Waals surface area contributed by atoms with E-state index in [1.54, 1.807) is 0 Å². The Morgan fingerprint density at radius 1 is 1.41 bits per heavy atom. The van der Waals surface area contributed by atoms with Gasteiger partial charge in [0.05, 0.1) is 19.8 Å². The van der Waals surface area contributed by atoms with E-state index >= 15 is 0 Å². The Morgan fingerprint density at radius 3 is 3.00 bits per heavy atom. The van der Waals surface area contributed by atoms with E-state index < -0.39 is 0 Å². The molecular formula is C17H28N2O2S. The van der Waals surface area contributed by atoms with Gasteiger partial charge >= 0.3 is 0 Å². The highest BCUT2D eigenvalue weighted by molar-refractivity contribution is 7.11. The fourth-order valence-corrected chi connectivity index (χ4v) is 4.63. The summed E-state index contributed by atoms with van der Waals surface area (Å²) < 4.78 is 12.1. The van der Waals surface area contributed by atoms with Crippen LogP contribution in [0, 0.1) is 12.8 Å². The largest absolute Gasteiger partial charge is 0.377 e. The first-order valence-corrected chi connectivity index (χ1v) is 9.00. The number of nitrogens with zero attached hydrogens (tertiary/aromatic N) is 2. The van der Waals surface area contributed by atoms with Gasteiger partial charge in [0, 0.05) is 35.9 Å². The molecule has 0 bridgehead atoms. The Morgan fingerprint density at radius 2 is 2.27 bits per heavy atom. The second-order valence-electron chi connectivity index (χ2n) is 7.10. The summed E-state index contributed by atoms with van der Waals surface area (Å²) in [7, 11) is 4.28. The van der Waals surface area contributed by atoms with Gasteiger partial charge in [-0.3, -0.25) is 4.90 Å². The van der Waals surface area contributed by atoms with Crippen molar-refractivity contribution < 1.29 is 9.47 Å². The lowest BCUT2D eigenvalue weighted by molar-refractivity contribution is -0.0562. The minimum atomic E-state index is -0.0938. The molecule has 0 aromatic carbocycles. The maximum absolute atomic E-state index is 6.26. The van der Waals surface area contributed by atoms with Gasteiger partial charge in [0.25, 0.3) is 0 Å². The summed E-state index contributed by atoms with van der Waals surface area (Å²) in [4.78, 5) is 7.60. The molecule has 2 fully saturated rings. The van der Waals surface area contributed by atoms with Gasteiger partial charge < -0.3 is 14.4 Å². The summed E-state index contributed by atoms with van der Waals surface area (Å²) in [5, 5.41) is 0. The standard InChI is InChI=1S/C17H28N2O2S/c1-14-4-5-16(22-14)10-19-6-7-20-13-17(12-19)8-15(11-21-17)9-18(2)3/h4-5,15H,6-13H2,1-3H3. The molecule has 2 aliphatic rings. The van der Waals surface area contributed by atoms with E-state index in [-0.39, 0.29) is 5.60 Å². The molecule has 2 aliphatic heterocycles. The Labute approximate surface area is 138 Å². The van der Waals surface area contributed by atoms with E-state index in [1.807, 2.05) is 11.3 Å². The fraction of sp³-hybridized carbons (Fsp3) is 0.765. The highest BCUT2D eigenvalue weighted by Crippen LogP contribution is 2.33. The molecular weight excluding hydrogens is 296 g/mol. The molecule has 2 saturated heterocycles. The van der Waals surface area contributed by atoms with Crippen molar-refractivity contribution in [1.82, 2.24) is 9.80 Å². The molecule has 4 nitrogen and oxygen atoms in total. The van der Waals surface area contributed by atoms with Crippen molar-refractivity contribution in [2.75, 3.05) is 53.6 Å². The summed E-state index contributed by atoms with van der Waals surface area (Å²) in [6, 6.07) is 4.46. The van der Waals surface area contributed by atoms with Crippen molar-refractivity contribution >= 4 is 11.3 Å². The van der Waals surface area contributed by atoms with Crippen LogP contribution in [0.25, 0.3) is 0 Å². The van der Waals surface area contributed by atoms with Gasteiger partial charge in [0.2, 0.25) is 0 Å². The van der Waals surface area contributed by atoms with Crippen LogP contribution in [0.3, 0.4) is 0 Å². The van der Waals surface area contributed by atoms with Crippen molar-refractivity contribution in [3.8, 4) is 0 Å². The highest BCUT2D eigenvalue weighted by atomic mass is 32.1. The third-order valence-corrected chi connectivity index (χ3v) is 5.50. The van der Waals surface area contributed by atoms with Crippen LogP contribution in [0.2, 0.25) is 0 Å². The van der Waals surface area contributed by atoms with E-state index in [1.165, 1.54) is 9.75 Å². The van der Waals surface area contributed by atoms with Crippen molar-refractivity contribution in [2.45, 2.75) is 25.5 Å². The third-order valence-electron chi connectivity index (χ3n) is 4.51. The summed E-state index contributed by atoms with van der Waals surface area (Å²) in [6.45, 7) is 8.72. The van der Waals surface area contributed by atoms with Crippen molar-refractivity contribution in [1.29, 1.82) is 0 Å². The second-order valence-corrected chi connectivity index (χ2v) is 8.47. The maximum Gasteiger partial charge on any atom is 0.104 e. The van der Waals surface area contributed by atoms with Crippen molar-refractivity contribution in [3.05, 3.63) is 21.9 Å². The Balaban J connectivity index is 1.62. The molecule has 2 atom stereocenters. The lowest BCUT2D eigenvalue weighted by Crippen LogP contribution is -2.43.